The van der Waals surface area contributed by atoms with Crippen molar-refractivity contribution in [2.45, 2.75) is 11.4 Å². The molecule has 0 saturated heterocycles. The maximum absolute atomic E-state index is 12.3. The van der Waals surface area contributed by atoms with Crippen molar-refractivity contribution in [1.29, 1.82) is 0 Å². The highest BCUT2D eigenvalue weighted by Crippen LogP contribution is 2.16. The Hall–Kier alpha value is -2.25. The number of rotatable bonds is 5. The summed E-state index contributed by atoms with van der Waals surface area (Å²) in [5.74, 6) is -0.695. The Bertz CT molecular complexity index is 730. The van der Waals surface area contributed by atoms with Gasteiger partial charge in [-0.25, -0.2) is 17.9 Å². The van der Waals surface area contributed by atoms with Gasteiger partial charge in [0.05, 0.1) is 17.6 Å². The number of hydrogen-bond acceptors (Lipinski definition) is 5. The van der Waals surface area contributed by atoms with Gasteiger partial charge in [-0.05, 0) is 29.8 Å². The van der Waals surface area contributed by atoms with Crippen molar-refractivity contribution < 1.29 is 17.9 Å². The Morgan fingerprint density at radius 3 is 2.52 bits per heavy atom. The Balaban J connectivity index is 2.26. The van der Waals surface area contributed by atoms with Crippen LogP contribution in [0.5, 0.6) is 0 Å². The number of ether oxygens (including phenoxy) is 1. The number of sulfonamides is 1. The number of aromatic nitrogens is 1. The first-order valence-electron chi connectivity index (χ1n) is 6.10. The average Bonchev–Trinajstić information content (AvgIpc) is 2.53. The number of carbonyl (C=O) groups excluding carboxylic acids is 1. The summed E-state index contributed by atoms with van der Waals surface area (Å²) in [6.45, 7) is 0.111. The second kappa shape index (κ2) is 6.47. The normalized spacial score (nSPS) is 11.1. The fourth-order valence-corrected chi connectivity index (χ4v) is 2.95. The van der Waals surface area contributed by atoms with Crippen LogP contribution in [-0.4, -0.2) is 26.5 Å². The third-order valence-corrected chi connectivity index (χ3v) is 4.26. The van der Waals surface area contributed by atoms with Gasteiger partial charge < -0.3 is 4.74 Å². The molecule has 0 aliphatic rings. The van der Waals surface area contributed by atoms with Gasteiger partial charge >= 0.3 is 5.97 Å². The van der Waals surface area contributed by atoms with E-state index in [-0.39, 0.29) is 17.0 Å². The highest BCUT2D eigenvalue weighted by molar-refractivity contribution is 7.89. The number of carbonyl (C=O) groups is 1. The highest BCUT2D eigenvalue weighted by atomic mass is 32.2. The second-order valence-electron chi connectivity index (χ2n) is 4.17. The molecule has 6 nitrogen and oxygen atoms in total. The number of pyridine rings is 1. The summed E-state index contributed by atoms with van der Waals surface area (Å²) in [7, 11) is -2.61. The summed E-state index contributed by atoms with van der Waals surface area (Å²) in [4.78, 5) is 15.4. The molecule has 1 aromatic heterocycles. The zero-order valence-electron chi connectivity index (χ0n) is 11.3. The molecular formula is C14H14N2O4S. The van der Waals surface area contributed by atoms with E-state index >= 15 is 0 Å². The first kappa shape index (κ1) is 15.1. The lowest BCUT2D eigenvalue weighted by molar-refractivity contribution is 0.0596. The first-order valence-corrected chi connectivity index (χ1v) is 7.59. The molecule has 0 radical (unpaired) electrons. The van der Waals surface area contributed by atoms with Crippen LogP contribution in [0.3, 0.4) is 0 Å². The van der Waals surface area contributed by atoms with Crippen molar-refractivity contribution in [3.63, 3.8) is 0 Å². The molecule has 0 aliphatic carbocycles. The number of nitrogens with zero attached hydrogens (tertiary/aromatic N) is 1. The van der Waals surface area contributed by atoms with Crippen LogP contribution in [0, 0.1) is 0 Å². The fraction of sp³-hybridized carbons (Fsp3) is 0.143. The van der Waals surface area contributed by atoms with Crippen LogP contribution < -0.4 is 4.72 Å². The van der Waals surface area contributed by atoms with E-state index in [1.165, 1.54) is 19.2 Å². The van der Waals surface area contributed by atoms with Crippen LogP contribution in [-0.2, 0) is 21.3 Å². The smallest absolute Gasteiger partial charge is 0.339 e. The summed E-state index contributed by atoms with van der Waals surface area (Å²) >= 11 is 0. The molecule has 1 heterocycles. The Labute approximate surface area is 122 Å². The molecule has 0 bridgehead atoms. The molecule has 0 spiro atoms. The summed E-state index contributed by atoms with van der Waals surface area (Å²) < 4.78 is 31.7. The van der Waals surface area contributed by atoms with E-state index in [1.54, 1.807) is 36.7 Å². The zero-order chi connectivity index (χ0) is 15.3. The molecular weight excluding hydrogens is 292 g/mol. The lowest BCUT2D eigenvalue weighted by atomic mass is 10.2. The maximum atomic E-state index is 12.3. The summed E-state index contributed by atoms with van der Waals surface area (Å²) in [5, 5.41) is 0. The lowest BCUT2D eigenvalue weighted by Crippen LogP contribution is -2.25. The predicted molar refractivity (Wildman–Crippen MR) is 76.0 cm³/mol. The zero-order valence-corrected chi connectivity index (χ0v) is 12.1. The molecule has 110 valence electrons. The number of benzene rings is 1. The van der Waals surface area contributed by atoms with E-state index in [9.17, 15) is 13.2 Å². The minimum absolute atomic E-state index is 0.00206. The van der Waals surface area contributed by atoms with Gasteiger partial charge in [0.15, 0.2) is 0 Å². The molecule has 0 aliphatic heterocycles. The van der Waals surface area contributed by atoms with Crippen LogP contribution in [0.15, 0.2) is 53.7 Å². The van der Waals surface area contributed by atoms with Crippen LogP contribution in [0.2, 0.25) is 0 Å². The molecule has 21 heavy (non-hydrogen) atoms. The van der Waals surface area contributed by atoms with E-state index in [0.717, 1.165) is 5.56 Å². The van der Waals surface area contributed by atoms with Crippen LogP contribution in [0.25, 0.3) is 0 Å². The molecule has 0 atom stereocenters. The third kappa shape index (κ3) is 3.65. The topological polar surface area (TPSA) is 85.4 Å². The van der Waals surface area contributed by atoms with E-state index in [0.29, 0.717) is 0 Å². The molecule has 1 aromatic carbocycles. The molecule has 0 unspecified atom stereocenters. The quantitative estimate of drug-likeness (QED) is 0.843. The van der Waals surface area contributed by atoms with Crippen LogP contribution >= 0.6 is 0 Å². The molecule has 1 N–H and O–H groups in total. The van der Waals surface area contributed by atoms with E-state index in [4.69, 9.17) is 0 Å². The second-order valence-corrected chi connectivity index (χ2v) is 5.90. The van der Waals surface area contributed by atoms with Crippen molar-refractivity contribution in [1.82, 2.24) is 9.71 Å². The van der Waals surface area contributed by atoms with Crippen molar-refractivity contribution >= 4 is 16.0 Å². The minimum Gasteiger partial charge on any atom is -0.465 e. The highest BCUT2D eigenvalue weighted by Gasteiger charge is 2.22. The number of hydrogen-bond donors (Lipinski definition) is 1. The van der Waals surface area contributed by atoms with Crippen molar-refractivity contribution in [2.24, 2.45) is 0 Å². The van der Waals surface area contributed by atoms with E-state index < -0.39 is 16.0 Å². The van der Waals surface area contributed by atoms with Gasteiger partial charge in [0.25, 0.3) is 0 Å². The SMILES string of the molecule is COC(=O)c1ccccc1S(=O)(=O)NCc1ccncc1. The van der Waals surface area contributed by atoms with Gasteiger partial charge in [0.2, 0.25) is 10.0 Å². The van der Waals surface area contributed by atoms with Gasteiger partial charge in [0.1, 0.15) is 0 Å². The van der Waals surface area contributed by atoms with Crippen molar-refractivity contribution in [3.8, 4) is 0 Å². The lowest BCUT2D eigenvalue weighted by Gasteiger charge is -2.10. The number of esters is 1. The van der Waals surface area contributed by atoms with Gasteiger partial charge in [-0.15, -0.1) is 0 Å². The maximum Gasteiger partial charge on any atom is 0.339 e. The Morgan fingerprint density at radius 1 is 1.19 bits per heavy atom. The van der Waals surface area contributed by atoms with Crippen LogP contribution in [0.4, 0.5) is 0 Å². The van der Waals surface area contributed by atoms with Crippen LogP contribution in [0.1, 0.15) is 15.9 Å². The Kier molecular flexibility index (Phi) is 4.66. The van der Waals surface area contributed by atoms with Gasteiger partial charge in [-0.3, -0.25) is 4.98 Å². The molecule has 7 heteroatoms. The number of methoxy groups -OCH3 is 1. The molecule has 0 saturated carbocycles. The Morgan fingerprint density at radius 2 is 1.86 bits per heavy atom. The largest absolute Gasteiger partial charge is 0.465 e. The molecule has 0 fully saturated rings. The van der Waals surface area contributed by atoms with Crippen molar-refractivity contribution in [2.75, 3.05) is 7.11 Å². The van der Waals surface area contributed by atoms with E-state index in [2.05, 4.69) is 14.4 Å². The first-order chi connectivity index (χ1) is 10.0. The molecule has 2 aromatic rings. The summed E-state index contributed by atoms with van der Waals surface area (Å²) in [6.07, 6.45) is 3.15. The van der Waals surface area contributed by atoms with Gasteiger partial charge in [-0.2, -0.15) is 0 Å². The predicted octanol–water partition coefficient (Wildman–Crippen LogP) is 1.35. The fourth-order valence-electron chi connectivity index (χ4n) is 1.74. The number of nitrogens with one attached hydrogen (secondary N) is 1. The van der Waals surface area contributed by atoms with Crippen molar-refractivity contribution in [3.05, 3.63) is 59.9 Å². The molecule has 2 rings (SSSR count). The monoisotopic (exact) mass is 306 g/mol. The standard InChI is InChI=1S/C14H14N2O4S/c1-20-14(17)12-4-2-3-5-13(12)21(18,19)16-10-11-6-8-15-9-7-11/h2-9,16H,10H2,1H3. The average molecular weight is 306 g/mol. The van der Waals surface area contributed by atoms with E-state index in [1.807, 2.05) is 0 Å². The third-order valence-electron chi connectivity index (χ3n) is 2.80. The summed E-state index contributed by atoms with van der Waals surface area (Å²) in [6, 6.07) is 9.30. The minimum atomic E-state index is -3.82. The summed E-state index contributed by atoms with van der Waals surface area (Å²) in [5.41, 5.74) is 0.770. The molecule has 0 amide bonds. The van der Waals surface area contributed by atoms with Gasteiger partial charge in [-0.1, -0.05) is 12.1 Å². The van der Waals surface area contributed by atoms with Gasteiger partial charge in [0, 0.05) is 18.9 Å².